The molecule has 2 amide bonds. The number of anilines is 3. The number of thioether (sulfide) groups is 1. The number of aromatic nitrogens is 2. The highest BCUT2D eigenvalue weighted by atomic mass is 79.9. The molecule has 0 radical (unpaired) electrons. The fraction of sp³-hybridized carbons (Fsp3) is 0.111. The minimum absolute atomic E-state index is 0.0942. The van der Waals surface area contributed by atoms with Gasteiger partial charge in [0, 0.05) is 10.2 Å². The van der Waals surface area contributed by atoms with Gasteiger partial charge in [-0.25, -0.2) is 4.39 Å². The van der Waals surface area contributed by atoms with E-state index in [2.05, 4.69) is 42.1 Å². The Hall–Kier alpha value is -2.50. The summed E-state index contributed by atoms with van der Waals surface area (Å²) in [5.74, 6) is -0.883. The molecule has 7 nitrogen and oxygen atoms in total. The summed E-state index contributed by atoms with van der Waals surface area (Å²) < 4.78 is 14.5. The minimum atomic E-state index is -0.352. The molecule has 0 unspecified atom stereocenters. The number of nitrogens with zero attached hydrogens (tertiary/aromatic N) is 2. The van der Waals surface area contributed by atoms with Crippen LogP contribution in [0.15, 0.2) is 57.3 Å². The molecule has 0 atom stereocenters. The summed E-state index contributed by atoms with van der Waals surface area (Å²) in [6.45, 7) is -0.136. The molecular formula is C18H15BrFN5O2S2. The molecule has 150 valence electrons. The predicted octanol–water partition coefficient (Wildman–Crippen LogP) is 4.03. The van der Waals surface area contributed by atoms with Crippen LogP contribution in [-0.2, 0) is 9.59 Å². The van der Waals surface area contributed by atoms with E-state index >= 15 is 0 Å². The van der Waals surface area contributed by atoms with Gasteiger partial charge in [0.05, 0.1) is 18.0 Å². The number of hydrogen-bond acceptors (Lipinski definition) is 7. The Morgan fingerprint density at radius 2 is 1.93 bits per heavy atom. The molecule has 0 spiro atoms. The van der Waals surface area contributed by atoms with Gasteiger partial charge in [-0.3, -0.25) is 9.59 Å². The fourth-order valence-electron chi connectivity index (χ4n) is 2.12. The van der Waals surface area contributed by atoms with Crippen molar-refractivity contribution in [3.8, 4) is 0 Å². The van der Waals surface area contributed by atoms with Crippen molar-refractivity contribution in [2.24, 2.45) is 0 Å². The maximum absolute atomic E-state index is 13.2. The van der Waals surface area contributed by atoms with Crippen molar-refractivity contribution < 1.29 is 14.0 Å². The minimum Gasteiger partial charge on any atom is -0.346 e. The summed E-state index contributed by atoms with van der Waals surface area (Å²) in [4.78, 5) is 23.9. The van der Waals surface area contributed by atoms with Crippen molar-refractivity contribution >= 4 is 67.3 Å². The lowest BCUT2D eigenvalue weighted by Crippen LogP contribution is -2.33. The molecule has 0 saturated heterocycles. The van der Waals surface area contributed by atoms with Gasteiger partial charge in [-0.15, -0.1) is 10.2 Å². The van der Waals surface area contributed by atoms with Crippen LogP contribution in [0, 0.1) is 5.82 Å². The van der Waals surface area contributed by atoms with Gasteiger partial charge >= 0.3 is 0 Å². The molecule has 0 bridgehead atoms. The Kier molecular flexibility index (Phi) is 7.55. The highest BCUT2D eigenvalue weighted by molar-refractivity contribution is 9.10. The zero-order valence-electron chi connectivity index (χ0n) is 14.8. The number of carbonyl (C=O) groups is 2. The van der Waals surface area contributed by atoms with Crippen LogP contribution in [0.25, 0.3) is 0 Å². The molecule has 1 aromatic heterocycles. The number of amides is 2. The quantitative estimate of drug-likeness (QED) is 0.408. The Bertz CT molecular complexity index is 1020. The Labute approximate surface area is 182 Å². The maximum Gasteiger partial charge on any atom is 0.243 e. The smallest absolute Gasteiger partial charge is 0.243 e. The van der Waals surface area contributed by atoms with E-state index in [1.807, 2.05) is 12.1 Å². The summed E-state index contributed by atoms with van der Waals surface area (Å²) >= 11 is 5.79. The second kappa shape index (κ2) is 10.3. The normalized spacial score (nSPS) is 10.4. The van der Waals surface area contributed by atoms with E-state index in [0.29, 0.717) is 20.8 Å². The van der Waals surface area contributed by atoms with Gasteiger partial charge in [-0.05, 0) is 46.3 Å². The number of rotatable bonds is 8. The topological polar surface area (TPSA) is 96.0 Å². The second-order valence-corrected chi connectivity index (χ2v) is 8.66. The monoisotopic (exact) mass is 495 g/mol. The Morgan fingerprint density at radius 3 is 2.72 bits per heavy atom. The second-order valence-electron chi connectivity index (χ2n) is 5.60. The number of halogens is 2. The van der Waals surface area contributed by atoms with E-state index in [1.54, 1.807) is 24.3 Å². The largest absolute Gasteiger partial charge is 0.346 e. The summed E-state index contributed by atoms with van der Waals surface area (Å²) in [6, 6.07) is 13.2. The molecule has 3 N–H and O–H groups in total. The van der Waals surface area contributed by atoms with Crippen molar-refractivity contribution in [2.45, 2.75) is 4.34 Å². The molecule has 0 saturated carbocycles. The molecule has 3 aromatic rings. The van der Waals surface area contributed by atoms with Crippen LogP contribution in [0.1, 0.15) is 0 Å². The van der Waals surface area contributed by atoms with Gasteiger partial charge in [-0.1, -0.05) is 41.3 Å². The van der Waals surface area contributed by atoms with Gasteiger partial charge < -0.3 is 16.0 Å². The molecule has 0 aliphatic carbocycles. The van der Waals surface area contributed by atoms with Gasteiger partial charge in [0.15, 0.2) is 4.34 Å². The number of nitrogens with one attached hydrogen (secondary N) is 3. The molecule has 0 aliphatic heterocycles. The molecule has 29 heavy (non-hydrogen) atoms. The average molecular weight is 496 g/mol. The molecule has 1 heterocycles. The van der Waals surface area contributed by atoms with Gasteiger partial charge in [-0.2, -0.15) is 0 Å². The third kappa shape index (κ3) is 6.80. The number of carbonyl (C=O) groups excluding carboxylic acids is 2. The third-order valence-electron chi connectivity index (χ3n) is 3.40. The van der Waals surface area contributed by atoms with E-state index in [0.717, 1.165) is 4.47 Å². The first-order valence-corrected chi connectivity index (χ1v) is 10.9. The van der Waals surface area contributed by atoms with Crippen molar-refractivity contribution in [3.63, 3.8) is 0 Å². The molecule has 0 fully saturated rings. The fourth-order valence-corrected chi connectivity index (χ4v) is 4.11. The van der Waals surface area contributed by atoms with Crippen LogP contribution in [0.2, 0.25) is 0 Å². The van der Waals surface area contributed by atoms with Crippen LogP contribution in [0.4, 0.5) is 20.9 Å². The lowest BCUT2D eigenvalue weighted by atomic mass is 10.3. The third-order valence-corrected chi connectivity index (χ3v) is 6.07. The number of hydrogen-bond donors (Lipinski definition) is 3. The van der Waals surface area contributed by atoms with Gasteiger partial charge in [0.25, 0.3) is 0 Å². The van der Waals surface area contributed by atoms with Crippen LogP contribution < -0.4 is 16.0 Å². The lowest BCUT2D eigenvalue weighted by Gasteiger charge is -2.08. The first-order valence-electron chi connectivity index (χ1n) is 8.29. The summed E-state index contributed by atoms with van der Waals surface area (Å²) in [5.41, 5.74) is 1.19. The van der Waals surface area contributed by atoms with Crippen molar-refractivity contribution in [1.29, 1.82) is 0 Å². The van der Waals surface area contributed by atoms with Crippen molar-refractivity contribution in [3.05, 3.63) is 58.8 Å². The Balaban J connectivity index is 1.41. The molecule has 2 aromatic carbocycles. The highest BCUT2D eigenvalue weighted by Crippen LogP contribution is 2.27. The first kappa shape index (κ1) is 21.2. The molecule has 3 rings (SSSR count). The lowest BCUT2D eigenvalue weighted by molar-refractivity contribution is -0.122. The first-order chi connectivity index (χ1) is 14.0. The van der Waals surface area contributed by atoms with Crippen molar-refractivity contribution in [2.75, 3.05) is 22.9 Å². The molecule has 11 heteroatoms. The SMILES string of the molecule is O=C(CSc1nnc(Nc2cccc(F)c2)s1)NCC(=O)Nc1ccccc1Br. The predicted molar refractivity (Wildman–Crippen MR) is 116 cm³/mol. The highest BCUT2D eigenvalue weighted by Gasteiger charge is 2.11. The van der Waals surface area contributed by atoms with E-state index in [9.17, 15) is 14.0 Å². The van der Waals surface area contributed by atoms with E-state index < -0.39 is 0 Å². The van der Waals surface area contributed by atoms with Crippen molar-refractivity contribution in [1.82, 2.24) is 15.5 Å². The summed E-state index contributed by atoms with van der Waals surface area (Å²) in [6.07, 6.45) is 0. The standard InChI is InChI=1S/C18H15BrFN5O2S2/c19-13-6-1-2-7-14(13)23-15(26)9-21-16(27)10-28-18-25-24-17(29-18)22-12-5-3-4-11(20)8-12/h1-8H,9-10H2,(H,21,27)(H,22,24)(H,23,26). The Morgan fingerprint density at radius 1 is 1.10 bits per heavy atom. The number of para-hydroxylation sites is 1. The molecule has 0 aliphatic rings. The average Bonchev–Trinajstić information content (AvgIpc) is 3.14. The van der Waals surface area contributed by atoms with E-state index in [1.165, 1.54) is 35.2 Å². The van der Waals surface area contributed by atoms with Crippen LogP contribution in [0.5, 0.6) is 0 Å². The number of benzene rings is 2. The zero-order valence-corrected chi connectivity index (χ0v) is 18.0. The summed E-state index contributed by atoms with van der Waals surface area (Å²) in [5, 5.41) is 16.7. The van der Waals surface area contributed by atoms with Crippen LogP contribution >= 0.6 is 39.0 Å². The zero-order chi connectivity index (χ0) is 20.6. The van der Waals surface area contributed by atoms with Crippen LogP contribution in [0.3, 0.4) is 0 Å². The van der Waals surface area contributed by atoms with E-state index in [-0.39, 0.29) is 29.9 Å². The van der Waals surface area contributed by atoms with Gasteiger partial charge in [0.2, 0.25) is 16.9 Å². The maximum atomic E-state index is 13.2. The van der Waals surface area contributed by atoms with Gasteiger partial charge in [0.1, 0.15) is 5.82 Å². The summed E-state index contributed by atoms with van der Waals surface area (Å²) in [7, 11) is 0. The van der Waals surface area contributed by atoms with Crippen LogP contribution in [-0.4, -0.2) is 34.3 Å². The van der Waals surface area contributed by atoms with E-state index in [4.69, 9.17) is 0 Å². The molecular weight excluding hydrogens is 481 g/mol.